The molecular formula is C11H10F3N3O4. The lowest BCUT2D eigenvalue weighted by Crippen LogP contribution is -2.23. The summed E-state index contributed by atoms with van der Waals surface area (Å²) in [6, 6.07) is 0.881. The first-order chi connectivity index (χ1) is 11.0. The maximum absolute atomic E-state index is 13.3. The van der Waals surface area contributed by atoms with Crippen LogP contribution in [-0.2, 0) is 4.74 Å². The predicted molar refractivity (Wildman–Crippen MR) is 64.2 cm³/mol. The minimum Gasteiger partial charge on any atom is -0.494 e. The summed E-state index contributed by atoms with van der Waals surface area (Å²) in [5.74, 6) is -0.548. The Hall–Kier alpha value is -2.36. The van der Waals surface area contributed by atoms with Gasteiger partial charge >= 0.3 is 11.9 Å². The van der Waals surface area contributed by atoms with Gasteiger partial charge in [0.25, 0.3) is 0 Å². The summed E-state index contributed by atoms with van der Waals surface area (Å²) in [5, 5.41) is 14.7. The molecule has 0 aliphatic carbocycles. The van der Waals surface area contributed by atoms with Crippen LogP contribution in [0.5, 0.6) is 5.75 Å². The molecule has 0 aliphatic heterocycles. The topological polar surface area (TPSA) is 78.9 Å². The van der Waals surface area contributed by atoms with Crippen LogP contribution < -0.4 is 4.74 Å². The molecule has 2 rings (SSSR count). The molecule has 0 N–H and O–H groups in total. The van der Waals surface area contributed by atoms with Crippen molar-refractivity contribution in [1.82, 2.24) is 9.61 Å². The molecule has 0 bridgehead atoms. The van der Waals surface area contributed by atoms with Crippen molar-refractivity contribution < 1.29 is 31.7 Å². The number of pyridine rings is 1. The largest absolute Gasteiger partial charge is 0.494 e. The number of halogens is 3. The van der Waals surface area contributed by atoms with E-state index in [-0.39, 0.29) is 5.52 Å². The molecule has 7 nitrogen and oxygen atoms in total. The van der Waals surface area contributed by atoms with Gasteiger partial charge in [0, 0.05) is 18.8 Å². The Balaban J connectivity index is 2.73. The third-order valence-corrected chi connectivity index (χ3v) is 2.75. The van der Waals surface area contributed by atoms with Gasteiger partial charge in [-0.05, 0) is 6.07 Å². The average Bonchev–Trinajstić information content (AvgIpc) is 2.85. The number of methoxy groups -OCH3 is 2. The number of hydrogen-bond acceptors (Lipinski definition) is 5. The summed E-state index contributed by atoms with van der Waals surface area (Å²) in [7, 11) is -2.35. The molecule has 1 atom stereocenters. The first-order valence-corrected chi connectivity index (χ1v) is 5.39. The molecule has 0 aromatic carbocycles. The highest BCUT2D eigenvalue weighted by molar-refractivity contribution is 5.75. The van der Waals surface area contributed by atoms with Gasteiger partial charge in [-0.1, -0.05) is 0 Å². The zero-order chi connectivity index (χ0) is 18.3. The van der Waals surface area contributed by atoms with Crippen LogP contribution in [-0.4, -0.2) is 34.9 Å². The van der Waals surface area contributed by atoms with Gasteiger partial charge in [0.05, 0.1) is 16.1 Å². The molecule has 0 radical (unpaired) electrons. The molecule has 0 unspecified atom stereocenters. The summed E-state index contributed by atoms with van der Waals surface area (Å²) < 4.78 is 70.4. The Morgan fingerprint density at radius 1 is 1.57 bits per heavy atom. The van der Waals surface area contributed by atoms with E-state index in [0.29, 0.717) is 0 Å². The van der Waals surface area contributed by atoms with E-state index in [0.717, 1.165) is 30.1 Å². The molecule has 0 amide bonds. The third-order valence-electron chi connectivity index (χ3n) is 2.75. The number of ether oxygens (including phenoxy) is 2. The van der Waals surface area contributed by atoms with Crippen molar-refractivity contribution in [2.24, 2.45) is 0 Å². The number of hydrogen-bond donors (Lipinski definition) is 0. The van der Waals surface area contributed by atoms with Crippen LogP contribution in [0.1, 0.15) is 15.8 Å². The molecule has 0 fully saturated rings. The van der Waals surface area contributed by atoms with Crippen LogP contribution in [0.2, 0.25) is 0 Å². The second-order valence-electron chi connectivity index (χ2n) is 3.92. The van der Waals surface area contributed by atoms with Crippen LogP contribution in [0.4, 0.5) is 18.9 Å². The molecule has 0 saturated carbocycles. The molecule has 114 valence electrons. The van der Waals surface area contributed by atoms with Crippen molar-refractivity contribution in [2.45, 2.75) is 12.3 Å². The molecule has 2 heterocycles. The van der Waals surface area contributed by atoms with Crippen LogP contribution in [0.3, 0.4) is 0 Å². The number of nitro groups is 1. The first kappa shape index (κ1) is 11.3. The smallest absolute Gasteiger partial charge is 0.418 e. The van der Waals surface area contributed by atoms with Gasteiger partial charge < -0.3 is 9.47 Å². The molecule has 0 spiro atoms. The molecular weight excluding hydrogens is 295 g/mol. The number of rotatable bonds is 4. The third kappa shape index (κ3) is 2.49. The van der Waals surface area contributed by atoms with Crippen molar-refractivity contribution >= 4 is 11.2 Å². The van der Waals surface area contributed by atoms with Crippen LogP contribution >= 0.6 is 0 Å². The van der Waals surface area contributed by atoms with Gasteiger partial charge in [-0.15, -0.1) is 0 Å². The summed E-state index contributed by atoms with van der Waals surface area (Å²) in [4.78, 5) is 10.2. The minimum atomic E-state index is -5.09. The monoisotopic (exact) mass is 308 g/mol. The fourth-order valence-electron chi connectivity index (χ4n) is 1.91. The lowest BCUT2D eigenvalue weighted by molar-refractivity contribution is -0.383. The Morgan fingerprint density at radius 3 is 2.81 bits per heavy atom. The van der Waals surface area contributed by atoms with Crippen molar-refractivity contribution in [3.05, 3.63) is 34.1 Å². The zero-order valence-corrected chi connectivity index (χ0v) is 10.4. The van der Waals surface area contributed by atoms with Gasteiger partial charge in [-0.2, -0.15) is 18.3 Å². The summed E-state index contributed by atoms with van der Waals surface area (Å²) in [5.41, 5.74) is -1.65. The Bertz CT molecular complexity index is 775. The van der Waals surface area contributed by atoms with E-state index >= 15 is 0 Å². The van der Waals surface area contributed by atoms with Crippen molar-refractivity contribution in [3.63, 3.8) is 0 Å². The Kier molecular flexibility index (Phi) is 2.80. The average molecular weight is 308 g/mol. The Labute approximate surface area is 120 Å². The number of fused-ring (bicyclic) bond motifs is 1. The fraction of sp³-hybridized carbons (Fsp3) is 0.364. The van der Waals surface area contributed by atoms with Gasteiger partial charge in [0.1, 0.15) is 6.20 Å². The Morgan fingerprint density at radius 2 is 2.29 bits per heavy atom. The normalized spacial score (nSPS) is 16.1. The number of nitrogens with zero attached hydrogens (tertiary/aromatic N) is 3. The predicted octanol–water partition coefficient (Wildman–Crippen LogP) is 2.50. The van der Waals surface area contributed by atoms with E-state index in [1.165, 1.54) is 0 Å². The maximum Gasteiger partial charge on any atom is 0.418 e. The van der Waals surface area contributed by atoms with E-state index < -0.39 is 41.2 Å². The van der Waals surface area contributed by atoms with Crippen LogP contribution in [0.15, 0.2) is 18.5 Å². The first-order valence-electron chi connectivity index (χ1n) is 6.89. The standard InChI is InChI=1S/C11H10F3N3O4/c1-20-9-6(10(21-2)11(12,13)14)3-4-16-8(9)7(5-15-16)17(18)19/h3-5,10H,1-2H3/t10-/m0/s1/i2D3. The highest BCUT2D eigenvalue weighted by Gasteiger charge is 2.43. The zero-order valence-electron chi connectivity index (χ0n) is 13.4. The summed E-state index contributed by atoms with van der Waals surface area (Å²) in [6.45, 7) is 0. The number of alkyl halides is 3. The van der Waals surface area contributed by atoms with Crippen molar-refractivity contribution in [2.75, 3.05) is 14.1 Å². The fourth-order valence-corrected chi connectivity index (χ4v) is 1.91. The molecule has 0 saturated heterocycles. The van der Waals surface area contributed by atoms with E-state index in [9.17, 15) is 23.3 Å². The van der Waals surface area contributed by atoms with E-state index in [2.05, 4.69) is 9.84 Å². The number of aromatic nitrogens is 2. The molecule has 0 aliphatic rings. The van der Waals surface area contributed by atoms with E-state index in [1.807, 2.05) is 0 Å². The van der Waals surface area contributed by atoms with Gasteiger partial charge in [0.15, 0.2) is 17.4 Å². The van der Waals surface area contributed by atoms with Crippen LogP contribution in [0, 0.1) is 10.1 Å². The quantitative estimate of drug-likeness (QED) is 0.640. The van der Waals surface area contributed by atoms with Crippen LogP contribution in [0.25, 0.3) is 5.52 Å². The lowest BCUT2D eigenvalue weighted by Gasteiger charge is -2.21. The maximum atomic E-state index is 13.3. The highest BCUT2D eigenvalue weighted by atomic mass is 19.4. The van der Waals surface area contributed by atoms with Gasteiger partial charge in [0.2, 0.25) is 0 Å². The SMILES string of the molecule is [2H]C([2H])([2H])O[C@@H](c1ccn2ncc([N+](=O)[O-])c2c1OC)C(F)(F)F. The minimum absolute atomic E-state index is 0.344. The van der Waals surface area contributed by atoms with E-state index in [4.69, 9.17) is 8.85 Å². The molecule has 2 aromatic heterocycles. The van der Waals surface area contributed by atoms with Crippen molar-refractivity contribution in [3.8, 4) is 5.75 Å². The highest BCUT2D eigenvalue weighted by Crippen LogP contribution is 2.42. The summed E-state index contributed by atoms with van der Waals surface area (Å²) >= 11 is 0. The molecule has 10 heteroatoms. The van der Waals surface area contributed by atoms with Crippen molar-refractivity contribution in [1.29, 1.82) is 0 Å². The second kappa shape index (κ2) is 5.20. The van der Waals surface area contributed by atoms with Gasteiger partial charge in [-0.3, -0.25) is 10.1 Å². The molecule has 21 heavy (non-hydrogen) atoms. The molecule has 2 aromatic rings. The summed E-state index contributed by atoms with van der Waals surface area (Å²) in [6.07, 6.45) is -6.09. The second-order valence-corrected chi connectivity index (χ2v) is 3.92. The van der Waals surface area contributed by atoms with E-state index in [1.54, 1.807) is 0 Å². The lowest BCUT2D eigenvalue weighted by atomic mass is 10.1. The van der Waals surface area contributed by atoms with Gasteiger partial charge in [-0.25, -0.2) is 4.52 Å².